The number of nitrogens with zero attached hydrogens (tertiary/aromatic N) is 2. The number of hydrogen-bond donors (Lipinski definition) is 3. The molecule has 1 aromatic heterocycles. The topological polar surface area (TPSA) is 87.1 Å². The average molecular weight is 341 g/mol. The van der Waals surface area contributed by atoms with Gasteiger partial charge in [-0.05, 0) is 48.5 Å². The Morgan fingerprint density at radius 3 is 1.88 bits per heavy atom. The van der Waals surface area contributed by atoms with Crippen molar-refractivity contribution in [3.05, 3.63) is 71.5 Å². The highest BCUT2D eigenvalue weighted by Crippen LogP contribution is 2.20. The summed E-state index contributed by atoms with van der Waals surface area (Å²) >= 11 is 5.86. The third-order valence-corrected chi connectivity index (χ3v) is 3.44. The number of aromatic nitrogens is 2. The van der Waals surface area contributed by atoms with E-state index in [9.17, 15) is 4.79 Å². The minimum atomic E-state index is -0.960. The van der Waals surface area contributed by atoms with Crippen LogP contribution in [0.3, 0.4) is 0 Å². The first-order valence-corrected chi connectivity index (χ1v) is 7.43. The van der Waals surface area contributed by atoms with E-state index in [2.05, 4.69) is 20.6 Å². The van der Waals surface area contributed by atoms with Crippen molar-refractivity contribution in [3.63, 3.8) is 0 Å². The number of anilines is 4. The molecule has 120 valence electrons. The van der Waals surface area contributed by atoms with Crippen LogP contribution in [0, 0.1) is 0 Å². The molecule has 0 spiro atoms. The summed E-state index contributed by atoms with van der Waals surface area (Å²) in [5.41, 5.74) is 1.82. The fraction of sp³-hybridized carbons (Fsp3) is 0. The van der Waals surface area contributed by atoms with E-state index in [4.69, 9.17) is 16.7 Å². The molecule has 0 bridgehead atoms. The highest BCUT2D eigenvalue weighted by molar-refractivity contribution is 6.30. The maximum Gasteiger partial charge on any atom is 0.335 e. The van der Waals surface area contributed by atoms with Gasteiger partial charge >= 0.3 is 5.97 Å². The molecule has 1 heterocycles. The zero-order chi connectivity index (χ0) is 16.9. The van der Waals surface area contributed by atoms with Crippen molar-refractivity contribution in [3.8, 4) is 0 Å². The van der Waals surface area contributed by atoms with E-state index in [1.165, 1.54) is 18.5 Å². The standard InChI is InChI=1S/C17H13ClN4O2/c18-12-3-7-14(8-4-12)22-16-9-15(19-10-20-16)21-13-5-1-11(2-6-13)17(23)24/h1-10H,(H,23,24)(H2,19,20,21,22). The molecule has 3 rings (SSSR count). The molecule has 0 aliphatic carbocycles. The van der Waals surface area contributed by atoms with Crippen molar-refractivity contribution in [2.24, 2.45) is 0 Å². The summed E-state index contributed by atoms with van der Waals surface area (Å²) in [6.45, 7) is 0. The molecule has 0 saturated carbocycles. The zero-order valence-corrected chi connectivity index (χ0v) is 13.2. The molecule has 24 heavy (non-hydrogen) atoms. The van der Waals surface area contributed by atoms with E-state index < -0.39 is 5.97 Å². The summed E-state index contributed by atoms with van der Waals surface area (Å²) in [7, 11) is 0. The first kappa shape index (κ1) is 15.8. The fourth-order valence-electron chi connectivity index (χ4n) is 2.02. The second-order valence-electron chi connectivity index (χ2n) is 4.93. The maximum absolute atomic E-state index is 10.9. The van der Waals surface area contributed by atoms with Gasteiger partial charge in [-0.1, -0.05) is 11.6 Å². The number of rotatable bonds is 5. The number of aromatic carboxylic acids is 1. The monoisotopic (exact) mass is 340 g/mol. The Morgan fingerprint density at radius 1 is 0.875 bits per heavy atom. The zero-order valence-electron chi connectivity index (χ0n) is 12.4. The van der Waals surface area contributed by atoms with Gasteiger partial charge in [-0.3, -0.25) is 0 Å². The van der Waals surface area contributed by atoms with E-state index in [-0.39, 0.29) is 5.56 Å². The number of carboxylic acid groups (broad SMARTS) is 1. The van der Waals surface area contributed by atoms with Gasteiger partial charge in [-0.15, -0.1) is 0 Å². The first-order valence-electron chi connectivity index (χ1n) is 7.05. The molecule has 0 saturated heterocycles. The second-order valence-corrected chi connectivity index (χ2v) is 5.36. The highest BCUT2D eigenvalue weighted by Gasteiger charge is 2.04. The van der Waals surface area contributed by atoms with Crippen LogP contribution in [0.4, 0.5) is 23.0 Å². The van der Waals surface area contributed by atoms with Crippen LogP contribution in [0.5, 0.6) is 0 Å². The Hall–Kier alpha value is -3.12. The number of nitrogens with one attached hydrogen (secondary N) is 2. The Balaban J connectivity index is 1.72. The number of hydrogen-bond acceptors (Lipinski definition) is 5. The van der Waals surface area contributed by atoms with Crippen LogP contribution < -0.4 is 10.6 Å². The van der Waals surface area contributed by atoms with Crippen LogP contribution in [0.15, 0.2) is 60.9 Å². The van der Waals surface area contributed by atoms with Crippen LogP contribution in [-0.2, 0) is 0 Å². The second kappa shape index (κ2) is 6.97. The van der Waals surface area contributed by atoms with Gasteiger partial charge in [0.05, 0.1) is 5.56 Å². The lowest BCUT2D eigenvalue weighted by Gasteiger charge is -2.09. The SMILES string of the molecule is O=C(O)c1ccc(Nc2cc(Nc3ccc(Cl)cc3)ncn2)cc1. The third kappa shape index (κ3) is 3.99. The lowest BCUT2D eigenvalue weighted by Crippen LogP contribution is -1.99. The smallest absolute Gasteiger partial charge is 0.335 e. The van der Waals surface area contributed by atoms with Gasteiger partial charge in [0.25, 0.3) is 0 Å². The first-order chi connectivity index (χ1) is 11.6. The van der Waals surface area contributed by atoms with Gasteiger partial charge in [0.15, 0.2) is 0 Å². The fourth-order valence-corrected chi connectivity index (χ4v) is 2.15. The number of halogens is 1. The van der Waals surface area contributed by atoms with Gasteiger partial charge in [0.2, 0.25) is 0 Å². The van der Waals surface area contributed by atoms with Gasteiger partial charge < -0.3 is 15.7 Å². The molecule has 6 nitrogen and oxygen atoms in total. The molecule has 0 radical (unpaired) electrons. The molecule has 7 heteroatoms. The van der Waals surface area contributed by atoms with Crippen LogP contribution in [0.2, 0.25) is 5.02 Å². The molecule has 3 N–H and O–H groups in total. The van der Waals surface area contributed by atoms with Crippen LogP contribution in [0.25, 0.3) is 0 Å². The summed E-state index contributed by atoms with van der Waals surface area (Å²) in [6, 6.07) is 15.4. The molecule has 0 aliphatic heterocycles. The van der Waals surface area contributed by atoms with Crippen molar-refractivity contribution in [1.82, 2.24) is 9.97 Å². The summed E-state index contributed by atoms with van der Waals surface area (Å²) in [5, 5.41) is 15.8. The van der Waals surface area contributed by atoms with Gasteiger partial charge in [0, 0.05) is 22.5 Å². The third-order valence-electron chi connectivity index (χ3n) is 3.19. The lowest BCUT2D eigenvalue weighted by atomic mass is 10.2. The van der Waals surface area contributed by atoms with E-state index in [0.717, 1.165) is 11.4 Å². The molecule has 3 aromatic rings. The minimum absolute atomic E-state index is 0.230. The Kier molecular flexibility index (Phi) is 4.58. The molecular formula is C17H13ClN4O2. The number of benzene rings is 2. The van der Waals surface area contributed by atoms with Crippen LogP contribution in [-0.4, -0.2) is 21.0 Å². The van der Waals surface area contributed by atoms with Gasteiger partial charge in [0.1, 0.15) is 18.0 Å². The van der Waals surface area contributed by atoms with Crippen molar-refractivity contribution in [1.29, 1.82) is 0 Å². The van der Waals surface area contributed by atoms with Crippen molar-refractivity contribution in [2.45, 2.75) is 0 Å². The molecule has 0 atom stereocenters. The summed E-state index contributed by atoms with van der Waals surface area (Å²) in [4.78, 5) is 19.2. The number of carbonyl (C=O) groups is 1. The highest BCUT2D eigenvalue weighted by atomic mass is 35.5. The van der Waals surface area contributed by atoms with Crippen molar-refractivity contribution < 1.29 is 9.90 Å². The normalized spacial score (nSPS) is 10.2. The van der Waals surface area contributed by atoms with Gasteiger partial charge in [-0.2, -0.15) is 0 Å². The molecule has 0 unspecified atom stereocenters. The largest absolute Gasteiger partial charge is 0.478 e. The Labute approximate surface area is 143 Å². The van der Waals surface area contributed by atoms with E-state index >= 15 is 0 Å². The molecule has 0 amide bonds. The minimum Gasteiger partial charge on any atom is -0.478 e. The average Bonchev–Trinajstić information content (AvgIpc) is 2.58. The van der Waals surface area contributed by atoms with Crippen molar-refractivity contribution in [2.75, 3.05) is 10.6 Å². The Morgan fingerprint density at radius 2 is 1.38 bits per heavy atom. The Bertz CT molecular complexity index is 851. The summed E-state index contributed by atoms with van der Waals surface area (Å²) in [6.07, 6.45) is 1.44. The predicted molar refractivity (Wildman–Crippen MR) is 93.5 cm³/mol. The predicted octanol–water partition coefficient (Wildman–Crippen LogP) is 4.32. The van der Waals surface area contributed by atoms with Crippen LogP contribution >= 0.6 is 11.6 Å². The van der Waals surface area contributed by atoms with E-state index in [1.807, 2.05) is 12.1 Å². The molecular weight excluding hydrogens is 328 g/mol. The lowest BCUT2D eigenvalue weighted by molar-refractivity contribution is 0.0697. The summed E-state index contributed by atoms with van der Waals surface area (Å²) in [5.74, 6) is 0.250. The van der Waals surface area contributed by atoms with Gasteiger partial charge in [-0.25, -0.2) is 14.8 Å². The molecule has 2 aromatic carbocycles. The summed E-state index contributed by atoms with van der Waals surface area (Å²) < 4.78 is 0. The maximum atomic E-state index is 10.9. The van der Waals surface area contributed by atoms with Crippen molar-refractivity contribution >= 4 is 40.6 Å². The number of carboxylic acids is 1. The molecule has 0 fully saturated rings. The van der Waals surface area contributed by atoms with E-state index in [1.54, 1.807) is 30.3 Å². The van der Waals surface area contributed by atoms with E-state index in [0.29, 0.717) is 16.7 Å². The molecule has 0 aliphatic rings. The quantitative estimate of drug-likeness (QED) is 0.641. The van der Waals surface area contributed by atoms with Crippen LogP contribution in [0.1, 0.15) is 10.4 Å².